The lowest BCUT2D eigenvalue weighted by molar-refractivity contribution is 0.132. The molecule has 1 aromatic carbocycles. The number of anilines is 1. The number of imidazole rings is 1. The smallest absolute Gasteiger partial charge is 0.214 e. The number of para-hydroxylation sites is 1. The van der Waals surface area contributed by atoms with Gasteiger partial charge in [-0.2, -0.15) is 0 Å². The Morgan fingerprint density at radius 1 is 1.42 bits per heavy atom. The zero-order chi connectivity index (χ0) is 16.7. The van der Waals surface area contributed by atoms with Gasteiger partial charge in [0, 0.05) is 12.0 Å². The summed E-state index contributed by atoms with van der Waals surface area (Å²) in [7, 11) is 0. The van der Waals surface area contributed by atoms with Crippen molar-refractivity contribution in [3.8, 4) is 11.5 Å². The number of rotatable bonds is 5. The van der Waals surface area contributed by atoms with Crippen molar-refractivity contribution in [1.29, 1.82) is 0 Å². The molecule has 0 amide bonds. The predicted molar refractivity (Wildman–Crippen MR) is 94.4 cm³/mol. The minimum atomic E-state index is -0.159. The summed E-state index contributed by atoms with van der Waals surface area (Å²) >= 11 is 1.53. The van der Waals surface area contributed by atoms with Crippen molar-refractivity contribution in [3.05, 3.63) is 35.7 Å². The molecule has 6 nitrogen and oxygen atoms in total. The molecule has 0 spiro atoms. The molecule has 24 heavy (non-hydrogen) atoms. The number of fused-ring (bicyclic) bond motifs is 2. The topological polar surface area (TPSA) is 60.7 Å². The summed E-state index contributed by atoms with van der Waals surface area (Å²) in [6.45, 7) is 7.37. The molecule has 0 bridgehead atoms. The maximum Gasteiger partial charge on any atom is 0.214 e. The fourth-order valence-electron chi connectivity index (χ4n) is 2.90. The monoisotopic (exact) mass is 344 g/mol. The fraction of sp³-hybridized carbons (Fsp3) is 0.412. The highest BCUT2D eigenvalue weighted by Crippen LogP contribution is 2.41. The summed E-state index contributed by atoms with van der Waals surface area (Å²) in [6, 6.07) is 6.08. The zero-order valence-electron chi connectivity index (χ0n) is 14.0. The van der Waals surface area contributed by atoms with Crippen LogP contribution in [0.5, 0.6) is 11.5 Å². The molecule has 1 aliphatic rings. The van der Waals surface area contributed by atoms with Gasteiger partial charge in [0.05, 0.1) is 18.4 Å². The van der Waals surface area contributed by atoms with Crippen LogP contribution in [0.4, 0.5) is 5.13 Å². The van der Waals surface area contributed by atoms with E-state index in [0.29, 0.717) is 13.2 Å². The lowest BCUT2D eigenvalue weighted by atomic mass is 10.0. The van der Waals surface area contributed by atoms with Crippen LogP contribution in [0.3, 0.4) is 0 Å². The number of hydrogen-bond donors (Lipinski definition) is 1. The Morgan fingerprint density at radius 3 is 3.12 bits per heavy atom. The van der Waals surface area contributed by atoms with E-state index in [9.17, 15) is 0 Å². The van der Waals surface area contributed by atoms with Gasteiger partial charge in [-0.1, -0.05) is 23.5 Å². The van der Waals surface area contributed by atoms with Gasteiger partial charge in [-0.15, -0.1) is 5.10 Å². The fourth-order valence-corrected chi connectivity index (χ4v) is 3.75. The average molecular weight is 344 g/mol. The first-order valence-electron chi connectivity index (χ1n) is 8.01. The van der Waals surface area contributed by atoms with Gasteiger partial charge in [-0.25, -0.2) is 9.50 Å². The third kappa shape index (κ3) is 2.91. The van der Waals surface area contributed by atoms with E-state index < -0.39 is 0 Å². The molecular weight excluding hydrogens is 324 g/mol. The molecule has 4 rings (SSSR count). The number of aromatic nitrogens is 3. The second kappa shape index (κ2) is 5.66. The maximum atomic E-state index is 6.01. The van der Waals surface area contributed by atoms with Crippen LogP contribution in [0.25, 0.3) is 4.96 Å². The highest BCUT2D eigenvalue weighted by Gasteiger charge is 2.32. The van der Waals surface area contributed by atoms with Gasteiger partial charge >= 0.3 is 0 Å². The van der Waals surface area contributed by atoms with E-state index in [1.165, 1.54) is 16.9 Å². The van der Waals surface area contributed by atoms with Gasteiger partial charge in [0.2, 0.25) is 10.1 Å². The highest BCUT2D eigenvalue weighted by atomic mass is 32.1. The van der Waals surface area contributed by atoms with Crippen LogP contribution < -0.4 is 14.8 Å². The third-order valence-corrected chi connectivity index (χ3v) is 4.73. The quantitative estimate of drug-likeness (QED) is 0.720. The van der Waals surface area contributed by atoms with Gasteiger partial charge in [0.25, 0.3) is 0 Å². The first-order chi connectivity index (χ1) is 11.5. The number of ether oxygens (including phenoxy) is 2. The average Bonchev–Trinajstić information content (AvgIpc) is 3.12. The molecule has 3 aromatic rings. The molecule has 0 saturated carbocycles. The number of nitrogens with zero attached hydrogens (tertiary/aromatic N) is 3. The molecule has 0 atom stereocenters. The van der Waals surface area contributed by atoms with Crippen LogP contribution in [0.1, 0.15) is 25.1 Å². The molecule has 0 fully saturated rings. The van der Waals surface area contributed by atoms with E-state index in [1.54, 1.807) is 4.52 Å². The SMILES string of the molecule is Cc1cn2nc(NCCOc3cccc4c3OC(C)(C)C4)sc2n1. The summed E-state index contributed by atoms with van der Waals surface area (Å²) in [5.41, 5.74) is 2.03. The number of hydrogen-bond acceptors (Lipinski definition) is 6. The van der Waals surface area contributed by atoms with E-state index in [-0.39, 0.29) is 5.60 Å². The Hall–Kier alpha value is -2.28. The Bertz CT molecular complexity index is 852. The summed E-state index contributed by atoms with van der Waals surface area (Å²) in [5, 5.41) is 8.56. The standard InChI is InChI=1S/C17H20N4O2S/c1-11-10-21-16(19-11)24-15(20-21)18-7-8-22-13-6-4-5-12-9-17(2,3)23-14(12)13/h4-6,10H,7-9H2,1-3H3,(H,18,20). The molecule has 126 valence electrons. The number of benzene rings is 1. The van der Waals surface area contributed by atoms with Crippen LogP contribution in [-0.4, -0.2) is 33.4 Å². The van der Waals surface area contributed by atoms with Gasteiger partial charge < -0.3 is 14.8 Å². The Labute approximate surface area is 144 Å². The van der Waals surface area contributed by atoms with Crippen molar-refractivity contribution in [2.75, 3.05) is 18.5 Å². The lowest BCUT2D eigenvalue weighted by Crippen LogP contribution is -2.24. The Balaban J connectivity index is 1.35. The molecular formula is C17H20N4O2S. The second-order valence-corrected chi connectivity index (χ2v) is 7.53. The first-order valence-corrected chi connectivity index (χ1v) is 8.82. The molecule has 0 saturated heterocycles. The molecule has 3 heterocycles. The van der Waals surface area contributed by atoms with Crippen LogP contribution in [0, 0.1) is 6.92 Å². The Kier molecular flexibility index (Phi) is 3.60. The summed E-state index contributed by atoms with van der Waals surface area (Å²) in [6.07, 6.45) is 2.83. The summed E-state index contributed by atoms with van der Waals surface area (Å²) in [5.74, 6) is 1.69. The van der Waals surface area contributed by atoms with Gasteiger partial charge in [0.1, 0.15) is 12.2 Å². The molecule has 0 unspecified atom stereocenters. The van der Waals surface area contributed by atoms with Gasteiger partial charge in [-0.3, -0.25) is 0 Å². The van der Waals surface area contributed by atoms with E-state index in [1.807, 2.05) is 25.3 Å². The minimum absolute atomic E-state index is 0.159. The van der Waals surface area contributed by atoms with Crippen molar-refractivity contribution in [1.82, 2.24) is 14.6 Å². The van der Waals surface area contributed by atoms with Crippen LogP contribution >= 0.6 is 11.3 Å². The molecule has 1 aliphatic heterocycles. The number of nitrogens with one attached hydrogen (secondary N) is 1. The second-order valence-electron chi connectivity index (χ2n) is 6.57. The Morgan fingerprint density at radius 2 is 2.29 bits per heavy atom. The molecule has 0 radical (unpaired) electrons. The first kappa shape index (κ1) is 15.3. The predicted octanol–water partition coefficient (Wildman–Crippen LogP) is 3.30. The molecule has 7 heteroatoms. The van der Waals surface area contributed by atoms with Crippen molar-refractivity contribution in [2.45, 2.75) is 32.8 Å². The van der Waals surface area contributed by atoms with E-state index >= 15 is 0 Å². The maximum absolute atomic E-state index is 6.01. The minimum Gasteiger partial charge on any atom is -0.488 e. The van der Waals surface area contributed by atoms with E-state index in [4.69, 9.17) is 9.47 Å². The van der Waals surface area contributed by atoms with Crippen molar-refractivity contribution in [2.24, 2.45) is 0 Å². The van der Waals surface area contributed by atoms with Crippen molar-refractivity contribution in [3.63, 3.8) is 0 Å². The van der Waals surface area contributed by atoms with E-state index in [2.05, 4.69) is 35.3 Å². The lowest BCUT2D eigenvalue weighted by Gasteiger charge is -2.18. The van der Waals surface area contributed by atoms with E-state index in [0.717, 1.165) is 33.7 Å². The molecule has 2 aromatic heterocycles. The van der Waals surface area contributed by atoms with Crippen LogP contribution in [0.2, 0.25) is 0 Å². The van der Waals surface area contributed by atoms with Crippen LogP contribution in [-0.2, 0) is 6.42 Å². The summed E-state index contributed by atoms with van der Waals surface area (Å²) < 4.78 is 13.7. The highest BCUT2D eigenvalue weighted by molar-refractivity contribution is 7.20. The van der Waals surface area contributed by atoms with Crippen LogP contribution in [0.15, 0.2) is 24.4 Å². The van der Waals surface area contributed by atoms with Gasteiger partial charge in [-0.05, 0) is 26.8 Å². The number of aryl methyl sites for hydroxylation is 1. The third-order valence-electron chi connectivity index (χ3n) is 3.85. The molecule has 0 aliphatic carbocycles. The normalized spacial score (nSPS) is 15.3. The van der Waals surface area contributed by atoms with Crippen molar-refractivity contribution < 1.29 is 9.47 Å². The van der Waals surface area contributed by atoms with Crippen molar-refractivity contribution >= 4 is 21.4 Å². The largest absolute Gasteiger partial charge is 0.488 e. The van der Waals surface area contributed by atoms with Gasteiger partial charge in [0.15, 0.2) is 11.5 Å². The molecule has 1 N–H and O–H groups in total. The zero-order valence-corrected chi connectivity index (χ0v) is 14.8. The summed E-state index contributed by atoms with van der Waals surface area (Å²) in [4.78, 5) is 5.29.